The van der Waals surface area contributed by atoms with Crippen LogP contribution < -0.4 is 10.2 Å². The molecule has 2 aromatic carbocycles. The molecule has 4 rings (SSSR count). The van der Waals surface area contributed by atoms with Gasteiger partial charge in [0.1, 0.15) is 5.82 Å². The van der Waals surface area contributed by atoms with Gasteiger partial charge in [0.05, 0.1) is 5.69 Å². The second-order valence-corrected chi connectivity index (χ2v) is 6.73. The smallest absolute Gasteiger partial charge is 0.229 e. The van der Waals surface area contributed by atoms with Crippen LogP contribution in [0, 0.1) is 6.92 Å². The number of halogens is 1. The fraction of sp³-hybridized carbons (Fsp3) is 0.158. The molecular formula is C19H17BrN4. The van der Waals surface area contributed by atoms with Gasteiger partial charge in [0.25, 0.3) is 0 Å². The molecule has 24 heavy (non-hydrogen) atoms. The van der Waals surface area contributed by atoms with Gasteiger partial charge >= 0.3 is 0 Å². The standard InChI is InChI=1S/C19H17BrN4/c1-13-6-7-16(15(20)12-13)22-19-21-10-8-18(23-19)24-11-9-14-4-2-3-5-17(14)24/h2-8,10,12H,9,11H2,1H3,(H,21,22,23). The number of para-hydroxylation sites is 1. The lowest BCUT2D eigenvalue weighted by Gasteiger charge is -2.19. The molecule has 3 aromatic rings. The summed E-state index contributed by atoms with van der Waals surface area (Å²) in [6.07, 6.45) is 2.85. The fourth-order valence-corrected chi connectivity index (χ4v) is 3.57. The number of fused-ring (bicyclic) bond motifs is 1. The van der Waals surface area contributed by atoms with Gasteiger partial charge in [-0.1, -0.05) is 24.3 Å². The van der Waals surface area contributed by atoms with Crippen molar-refractivity contribution < 1.29 is 0 Å². The lowest BCUT2D eigenvalue weighted by molar-refractivity contribution is 0.966. The van der Waals surface area contributed by atoms with Crippen molar-refractivity contribution in [3.8, 4) is 0 Å². The molecule has 0 spiro atoms. The first kappa shape index (κ1) is 15.1. The van der Waals surface area contributed by atoms with E-state index in [1.165, 1.54) is 16.8 Å². The summed E-state index contributed by atoms with van der Waals surface area (Å²) in [4.78, 5) is 11.3. The number of hydrogen-bond donors (Lipinski definition) is 1. The van der Waals surface area contributed by atoms with Gasteiger partial charge in [-0.15, -0.1) is 0 Å². The van der Waals surface area contributed by atoms with Gasteiger partial charge in [-0.05, 0) is 64.7 Å². The Balaban J connectivity index is 1.63. The van der Waals surface area contributed by atoms with Crippen molar-refractivity contribution in [1.82, 2.24) is 9.97 Å². The summed E-state index contributed by atoms with van der Waals surface area (Å²) in [5, 5.41) is 3.29. The monoisotopic (exact) mass is 380 g/mol. The lowest BCUT2D eigenvalue weighted by atomic mass is 10.2. The largest absolute Gasteiger partial charge is 0.326 e. The van der Waals surface area contributed by atoms with E-state index in [0.717, 1.165) is 28.9 Å². The molecule has 5 heteroatoms. The maximum absolute atomic E-state index is 4.70. The van der Waals surface area contributed by atoms with Crippen molar-refractivity contribution in [3.05, 3.63) is 70.3 Å². The van der Waals surface area contributed by atoms with Crippen molar-refractivity contribution >= 4 is 39.1 Å². The third-order valence-electron chi connectivity index (χ3n) is 4.18. The number of rotatable bonds is 3. The van der Waals surface area contributed by atoms with Crippen LogP contribution in [0.3, 0.4) is 0 Å². The molecule has 0 aliphatic carbocycles. The van der Waals surface area contributed by atoms with E-state index in [0.29, 0.717) is 5.95 Å². The van der Waals surface area contributed by atoms with Crippen LogP contribution >= 0.6 is 15.9 Å². The molecule has 0 amide bonds. The van der Waals surface area contributed by atoms with Gasteiger partial charge in [0, 0.05) is 22.9 Å². The van der Waals surface area contributed by atoms with E-state index in [-0.39, 0.29) is 0 Å². The van der Waals surface area contributed by atoms with Crippen LogP contribution in [0.4, 0.5) is 23.1 Å². The van der Waals surface area contributed by atoms with E-state index in [9.17, 15) is 0 Å². The van der Waals surface area contributed by atoms with Crippen LogP contribution in [0.2, 0.25) is 0 Å². The summed E-state index contributed by atoms with van der Waals surface area (Å²) in [5.74, 6) is 1.52. The molecule has 0 radical (unpaired) electrons. The highest BCUT2D eigenvalue weighted by molar-refractivity contribution is 9.10. The number of aromatic nitrogens is 2. The highest BCUT2D eigenvalue weighted by Gasteiger charge is 2.21. The van der Waals surface area contributed by atoms with Gasteiger partial charge in [0.2, 0.25) is 5.95 Å². The molecule has 0 saturated carbocycles. The third-order valence-corrected chi connectivity index (χ3v) is 4.83. The first-order valence-corrected chi connectivity index (χ1v) is 8.72. The maximum Gasteiger partial charge on any atom is 0.229 e. The Labute approximate surface area is 149 Å². The Kier molecular flexibility index (Phi) is 3.94. The van der Waals surface area contributed by atoms with E-state index in [1.807, 2.05) is 12.1 Å². The van der Waals surface area contributed by atoms with E-state index < -0.39 is 0 Å². The highest BCUT2D eigenvalue weighted by atomic mass is 79.9. The number of nitrogens with zero attached hydrogens (tertiary/aromatic N) is 3. The molecule has 1 N–H and O–H groups in total. The summed E-state index contributed by atoms with van der Waals surface area (Å²) in [6, 6.07) is 16.6. The number of aryl methyl sites for hydroxylation is 1. The molecule has 2 heterocycles. The van der Waals surface area contributed by atoms with E-state index in [2.05, 4.69) is 74.5 Å². The number of nitrogens with one attached hydrogen (secondary N) is 1. The second-order valence-electron chi connectivity index (χ2n) is 5.88. The average molecular weight is 381 g/mol. The molecule has 0 saturated heterocycles. The van der Waals surface area contributed by atoms with E-state index in [4.69, 9.17) is 4.98 Å². The molecule has 120 valence electrons. The van der Waals surface area contributed by atoms with Gasteiger partial charge in [-0.25, -0.2) is 4.98 Å². The molecule has 1 aliphatic rings. The minimum atomic E-state index is 0.599. The molecule has 0 fully saturated rings. The van der Waals surface area contributed by atoms with Gasteiger partial charge in [-0.3, -0.25) is 0 Å². The van der Waals surface area contributed by atoms with Crippen molar-refractivity contribution in [2.45, 2.75) is 13.3 Å². The Hall–Kier alpha value is -2.40. The zero-order valence-corrected chi connectivity index (χ0v) is 14.9. The fourth-order valence-electron chi connectivity index (χ4n) is 2.98. The lowest BCUT2D eigenvalue weighted by Crippen LogP contribution is -2.15. The SMILES string of the molecule is Cc1ccc(Nc2nccc(N3CCc4ccccc43)n2)c(Br)c1. The van der Waals surface area contributed by atoms with Crippen molar-refractivity contribution in [2.24, 2.45) is 0 Å². The highest BCUT2D eigenvalue weighted by Crippen LogP contribution is 2.33. The Morgan fingerprint density at radius 3 is 2.88 bits per heavy atom. The van der Waals surface area contributed by atoms with Crippen LogP contribution in [0.5, 0.6) is 0 Å². The van der Waals surface area contributed by atoms with E-state index >= 15 is 0 Å². The number of hydrogen-bond acceptors (Lipinski definition) is 4. The van der Waals surface area contributed by atoms with Crippen molar-refractivity contribution in [2.75, 3.05) is 16.8 Å². The molecular weight excluding hydrogens is 364 g/mol. The van der Waals surface area contributed by atoms with Crippen LogP contribution in [-0.4, -0.2) is 16.5 Å². The molecule has 1 aromatic heterocycles. The predicted molar refractivity (Wildman–Crippen MR) is 101 cm³/mol. The zero-order valence-electron chi connectivity index (χ0n) is 13.3. The number of anilines is 4. The quantitative estimate of drug-likeness (QED) is 0.694. The predicted octanol–water partition coefficient (Wildman–Crippen LogP) is 4.99. The van der Waals surface area contributed by atoms with Gasteiger partial charge in [-0.2, -0.15) is 4.98 Å². The zero-order chi connectivity index (χ0) is 16.5. The van der Waals surface area contributed by atoms with Crippen LogP contribution in [-0.2, 0) is 6.42 Å². The summed E-state index contributed by atoms with van der Waals surface area (Å²) >= 11 is 3.58. The summed E-state index contributed by atoms with van der Waals surface area (Å²) in [5.41, 5.74) is 4.76. The Bertz CT molecular complexity index is 894. The maximum atomic E-state index is 4.70. The van der Waals surface area contributed by atoms with Crippen LogP contribution in [0.15, 0.2) is 59.2 Å². The van der Waals surface area contributed by atoms with Crippen molar-refractivity contribution in [1.29, 1.82) is 0 Å². The van der Waals surface area contributed by atoms with E-state index in [1.54, 1.807) is 6.20 Å². The first-order chi connectivity index (χ1) is 11.7. The Morgan fingerprint density at radius 1 is 1.12 bits per heavy atom. The average Bonchev–Trinajstić information content (AvgIpc) is 3.02. The minimum absolute atomic E-state index is 0.599. The number of benzene rings is 2. The minimum Gasteiger partial charge on any atom is -0.326 e. The topological polar surface area (TPSA) is 41.1 Å². The summed E-state index contributed by atoms with van der Waals surface area (Å²) in [7, 11) is 0. The molecule has 0 atom stereocenters. The molecule has 1 aliphatic heterocycles. The van der Waals surface area contributed by atoms with Crippen molar-refractivity contribution in [3.63, 3.8) is 0 Å². The molecule has 4 nitrogen and oxygen atoms in total. The van der Waals surface area contributed by atoms with Crippen LogP contribution in [0.1, 0.15) is 11.1 Å². The van der Waals surface area contributed by atoms with Gasteiger partial charge in [0.15, 0.2) is 0 Å². The molecule has 0 bridgehead atoms. The normalized spacial score (nSPS) is 13.0. The summed E-state index contributed by atoms with van der Waals surface area (Å²) < 4.78 is 1.00. The summed E-state index contributed by atoms with van der Waals surface area (Å²) in [6.45, 7) is 3.01. The van der Waals surface area contributed by atoms with Gasteiger partial charge < -0.3 is 10.2 Å². The second kappa shape index (κ2) is 6.24. The van der Waals surface area contributed by atoms with Crippen LogP contribution in [0.25, 0.3) is 0 Å². The Morgan fingerprint density at radius 2 is 2.00 bits per heavy atom. The first-order valence-electron chi connectivity index (χ1n) is 7.92. The third kappa shape index (κ3) is 2.87. The molecule has 0 unspecified atom stereocenters.